The predicted octanol–water partition coefficient (Wildman–Crippen LogP) is 6.55. The monoisotopic (exact) mass is 694 g/mol. The lowest BCUT2D eigenvalue weighted by Crippen LogP contribution is -2.50. The maximum absolute atomic E-state index is 14.1. The zero-order chi connectivity index (χ0) is 34.2. The Balaban J connectivity index is 1.34. The maximum Gasteiger partial charge on any atom is 0.332 e. The third-order valence-electron chi connectivity index (χ3n) is 9.73. The molecule has 0 unspecified atom stereocenters. The first-order valence-electron chi connectivity index (χ1n) is 16.8. The van der Waals surface area contributed by atoms with Gasteiger partial charge in [0.2, 0.25) is 11.8 Å². The number of ether oxygens (including phenoxy) is 3. The average Bonchev–Trinajstić information content (AvgIpc) is 3.37. The van der Waals surface area contributed by atoms with Crippen LogP contribution < -0.4 is 14.8 Å². The number of nitrogens with zero attached hydrogens (tertiary/aromatic N) is 3. The molecule has 2 aliphatic carbocycles. The van der Waals surface area contributed by atoms with Crippen LogP contribution in [-0.4, -0.2) is 71.6 Å². The first-order valence-corrected chi connectivity index (χ1v) is 18.0. The number of rotatable bonds is 7. The molecule has 0 spiro atoms. The summed E-state index contributed by atoms with van der Waals surface area (Å²) in [4.78, 5) is 52.5. The first kappa shape index (κ1) is 34.2. The van der Waals surface area contributed by atoms with E-state index in [1.54, 1.807) is 32.0 Å². The van der Waals surface area contributed by atoms with Crippen molar-refractivity contribution in [3.63, 3.8) is 0 Å². The van der Waals surface area contributed by atoms with Gasteiger partial charge >= 0.3 is 5.97 Å². The van der Waals surface area contributed by atoms with Crippen LogP contribution in [0.2, 0.25) is 5.02 Å². The van der Waals surface area contributed by atoms with Crippen LogP contribution in [0.15, 0.2) is 35.7 Å². The summed E-state index contributed by atoms with van der Waals surface area (Å²) in [5.74, 6) is -1.02. The van der Waals surface area contributed by atoms with E-state index in [4.69, 9.17) is 35.8 Å². The van der Waals surface area contributed by atoms with Crippen LogP contribution in [0.4, 0.5) is 0 Å². The Hall–Kier alpha value is -3.70. The van der Waals surface area contributed by atoms with Gasteiger partial charge in [-0.05, 0) is 63.5 Å². The lowest BCUT2D eigenvalue weighted by Gasteiger charge is -2.26. The molecule has 0 radical (unpaired) electrons. The Labute approximate surface area is 290 Å². The van der Waals surface area contributed by atoms with Gasteiger partial charge in [0.05, 0.1) is 36.8 Å². The number of hydrogen-bond acceptors (Lipinski definition) is 9. The molecule has 1 aliphatic heterocycles. The van der Waals surface area contributed by atoms with Crippen molar-refractivity contribution in [2.24, 2.45) is 17.8 Å². The minimum atomic E-state index is -1.11. The fourth-order valence-corrected chi connectivity index (χ4v) is 8.08. The number of allylic oxidation sites excluding steroid dienone is 1. The highest BCUT2D eigenvalue weighted by molar-refractivity contribution is 7.13. The minimum absolute atomic E-state index is 0.0940. The van der Waals surface area contributed by atoms with Gasteiger partial charge in [-0.15, -0.1) is 11.3 Å². The predicted molar refractivity (Wildman–Crippen MR) is 185 cm³/mol. The zero-order valence-corrected chi connectivity index (χ0v) is 29.7. The van der Waals surface area contributed by atoms with Crippen molar-refractivity contribution in [3.8, 4) is 22.2 Å². The van der Waals surface area contributed by atoms with Crippen LogP contribution in [0.1, 0.15) is 70.9 Å². The van der Waals surface area contributed by atoms with E-state index in [0.717, 1.165) is 30.0 Å². The number of carbonyl (C=O) groups excluding carboxylic acids is 3. The quantitative estimate of drug-likeness (QED) is 0.218. The summed E-state index contributed by atoms with van der Waals surface area (Å²) >= 11 is 8.29. The molecule has 3 aliphatic rings. The maximum atomic E-state index is 14.1. The molecule has 5 atom stereocenters. The number of nitrogens with one attached hydrogen (secondary N) is 1. The average molecular weight is 695 g/mol. The molecule has 1 N–H and O–H groups in total. The molecule has 256 valence electrons. The molecule has 48 heavy (non-hydrogen) atoms. The molecular weight excluding hydrogens is 652 g/mol. The third kappa shape index (κ3) is 6.63. The SMILES string of the molecule is CCOC(=O)[C@@]12C[C@H]1/C=C\CCCCN(C)C(=O)[C@@H]1C[C@H](Oc3cc(-c4nc(C(C)C)cs4)nc4c(Cl)c(OC)ccc34)C[C@H]1C(=O)N2. The van der Waals surface area contributed by atoms with Crippen molar-refractivity contribution in [3.05, 3.63) is 46.4 Å². The molecule has 3 heterocycles. The molecule has 2 aromatic heterocycles. The van der Waals surface area contributed by atoms with Crippen LogP contribution in [0, 0.1) is 17.8 Å². The Morgan fingerprint density at radius 2 is 1.96 bits per heavy atom. The highest BCUT2D eigenvalue weighted by Crippen LogP contribution is 2.48. The largest absolute Gasteiger partial charge is 0.495 e. The molecule has 6 rings (SSSR count). The van der Waals surface area contributed by atoms with Gasteiger partial charge < -0.3 is 24.4 Å². The normalized spacial score (nSPS) is 26.8. The Morgan fingerprint density at radius 1 is 1.17 bits per heavy atom. The lowest BCUT2D eigenvalue weighted by atomic mass is 9.93. The summed E-state index contributed by atoms with van der Waals surface area (Å²) < 4.78 is 17.6. The molecule has 2 saturated carbocycles. The number of thiazole rings is 1. The fourth-order valence-electron chi connectivity index (χ4n) is 6.86. The van der Waals surface area contributed by atoms with Crippen molar-refractivity contribution >= 4 is 51.6 Å². The second-order valence-electron chi connectivity index (χ2n) is 13.3. The van der Waals surface area contributed by atoms with Crippen LogP contribution in [-0.2, 0) is 19.1 Å². The van der Waals surface area contributed by atoms with Crippen molar-refractivity contribution < 1.29 is 28.6 Å². The van der Waals surface area contributed by atoms with Gasteiger partial charge in [0.15, 0.2) is 0 Å². The highest BCUT2D eigenvalue weighted by Gasteiger charge is 2.62. The van der Waals surface area contributed by atoms with E-state index >= 15 is 0 Å². The van der Waals surface area contributed by atoms with Crippen molar-refractivity contribution in [1.29, 1.82) is 0 Å². The van der Waals surface area contributed by atoms with Crippen LogP contribution in [0.25, 0.3) is 21.6 Å². The number of benzene rings is 1. The number of carbonyl (C=O) groups is 3. The standard InChI is InChI=1S/C36H43ClN4O6S/c1-6-46-35(44)36-18-21(36)11-9-7-8-10-14-41(4)34(43)25-16-22(15-24(25)32(42)40-36)47-29-17-26(33-39-27(19-48-33)20(2)3)38-31-23(29)12-13-28(45-5)30(31)37/h9,11-13,17,19-22,24-25H,6-8,10,14-16,18H2,1-5H3,(H,40,42)/b11-9-/t21-,22-,24-,25-,36-/m1/s1. The summed E-state index contributed by atoms with van der Waals surface area (Å²) in [6, 6.07) is 5.48. The number of hydrogen-bond donors (Lipinski definition) is 1. The van der Waals surface area contributed by atoms with E-state index in [2.05, 4.69) is 25.2 Å². The summed E-state index contributed by atoms with van der Waals surface area (Å²) in [6.45, 7) is 6.76. The van der Waals surface area contributed by atoms with Crippen LogP contribution in [0.5, 0.6) is 11.5 Å². The Kier molecular flexibility index (Phi) is 9.99. The fraction of sp³-hybridized carbons (Fsp3) is 0.528. The zero-order valence-electron chi connectivity index (χ0n) is 28.1. The van der Waals surface area contributed by atoms with Gasteiger partial charge in [-0.1, -0.05) is 37.6 Å². The first-order chi connectivity index (χ1) is 23.1. The smallest absolute Gasteiger partial charge is 0.332 e. The van der Waals surface area contributed by atoms with Gasteiger partial charge in [0.1, 0.15) is 38.9 Å². The van der Waals surface area contributed by atoms with E-state index in [-0.39, 0.29) is 30.3 Å². The van der Waals surface area contributed by atoms with Crippen molar-refractivity contribution in [2.75, 3.05) is 27.3 Å². The second kappa shape index (κ2) is 14.0. The van der Waals surface area contributed by atoms with Crippen LogP contribution >= 0.6 is 22.9 Å². The summed E-state index contributed by atoms with van der Waals surface area (Å²) in [6.07, 6.45) is 7.34. The van der Waals surface area contributed by atoms with Crippen LogP contribution in [0.3, 0.4) is 0 Å². The number of amides is 2. The number of fused-ring (bicyclic) bond motifs is 3. The topological polar surface area (TPSA) is 120 Å². The van der Waals surface area contributed by atoms with Gasteiger partial charge in [-0.25, -0.2) is 14.8 Å². The third-order valence-corrected chi connectivity index (χ3v) is 11.0. The molecule has 2 fully saturated rings. The number of methoxy groups -OCH3 is 1. The summed E-state index contributed by atoms with van der Waals surface area (Å²) in [5.41, 5.74) is 0.981. The Bertz CT molecular complexity index is 1740. The van der Waals surface area contributed by atoms with E-state index in [9.17, 15) is 14.4 Å². The number of pyridine rings is 1. The molecule has 12 heteroatoms. The van der Waals surface area contributed by atoms with Gasteiger partial charge in [0, 0.05) is 36.3 Å². The van der Waals surface area contributed by atoms with Gasteiger partial charge in [0.25, 0.3) is 0 Å². The number of aromatic nitrogens is 2. The van der Waals surface area contributed by atoms with E-state index < -0.39 is 29.4 Å². The highest BCUT2D eigenvalue weighted by atomic mass is 35.5. The Morgan fingerprint density at radius 3 is 2.69 bits per heavy atom. The van der Waals surface area contributed by atoms with Crippen molar-refractivity contribution in [2.45, 2.75) is 76.9 Å². The van der Waals surface area contributed by atoms with E-state index in [1.165, 1.54) is 11.3 Å². The minimum Gasteiger partial charge on any atom is -0.495 e. The molecule has 0 bridgehead atoms. The van der Waals surface area contributed by atoms with Gasteiger partial charge in [-0.3, -0.25) is 9.59 Å². The molecular formula is C36H43ClN4O6S. The molecule has 1 aromatic carbocycles. The van der Waals surface area contributed by atoms with Gasteiger partial charge in [-0.2, -0.15) is 0 Å². The van der Waals surface area contributed by atoms with E-state index in [0.29, 0.717) is 58.9 Å². The summed E-state index contributed by atoms with van der Waals surface area (Å²) in [7, 11) is 3.35. The number of esters is 1. The second-order valence-corrected chi connectivity index (χ2v) is 14.6. The molecule has 3 aromatic rings. The molecule has 0 saturated heterocycles. The number of halogens is 1. The van der Waals surface area contributed by atoms with E-state index in [1.807, 2.05) is 23.6 Å². The molecule has 10 nitrogen and oxygen atoms in total. The lowest BCUT2D eigenvalue weighted by molar-refractivity contribution is -0.150. The summed E-state index contributed by atoms with van der Waals surface area (Å²) in [5, 5.41) is 6.85. The van der Waals surface area contributed by atoms with Crippen molar-refractivity contribution in [1.82, 2.24) is 20.2 Å². The molecule has 2 amide bonds.